The fraction of sp³-hybridized carbons (Fsp3) is 0.364. The number of carbonyl (C=O) groups is 1. The number of rotatable bonds is 3. The average molecular weight is 336 g/mol. The van der Waals surface area contributed by atoms with Gasteiger partial charge in [-0.25, -0.2) is 0 Å². The van der Waals surface area contributed by atoms with Gasteiger partial charge in [-0.3, -0.25) is 4.79 Å². The molecule has 0 saturated heterocycles. The highest BCUT2D eigenvalue weighted by Gasteiger charge is 2.43. The second-order valence-corrected chi connectivity index (χ2v) is 5.28. The van der Waals surface area contributed by atoms with Crippen LogP contribution in [0.4, 0.5) is 0 Å². The summed E-state index contributed by atoms with van der Waals surface area (Å²) in [5.41, 5.74) is 0.604. The minimum Gasteiger partial charge on any atom is -0.345 e. The van der Waals surface area contributed by atoms with Gasteiger partial charge in [0.2, 0.25) is 0 Å². The highest BCUT2D eigenvalue weighted by atomic mass is 127. The molecule has 1 aromatic rings. The molecule has 0 atom stereocenters. The molecule has 0 bridgehead atoms. The molecule has 0 radical (unpaired) electrons. The topological polar surface area (TPSA) is 29.1 Å². The van der Waals surface area contributed by atoms with Crippen molar-refractivity contribution in [2.45, 2.75) is 18.4 Å². The predicted molar refractivity (Wildman–Crippen MR) is 69.3 cm³/mol. The SMILES string of the molecule is O=C(NC1(CCl)CC1)c1ccccc1I. The van der Waals surface area contributed by atoms with Crippen molar-refractivity contribution in [2.75, 3.05) is 5.88 Å². The van der Waals surface area contributed by atoms with E-state index in [0.29, 0.717) is 5.88 Å². The number of alkyl halides is 1. The zero-order valence-corrected chi connectivity index (χ0v) is 11.0. The Balaban J connectivity index is 2.12. The molecule has 80 valence electrons. The summed E-state index contributed by atoms with van der Waals surface area (Å²) >= 11 is 7.98. The maximum Gasteiger partial charge on any atom is 0.252 e. The van der Waals surface area contributed by atoms with E-state index in [1.165, 1.54) is 0 Å². The summed E-state index contributed by atoms with van der Waals surface area (Å²) in [6.07, 6.45) is 1.98. The van der Waals surface area contributed by atoms with E-state index in [1.54, 1.807) is 0 Å². The number of hydrogen-bond donors (Lipinski definition) is 1. The van der Waals surface area contributed by atoms with Crippen LogP contribution in [-0.4, -0.2) is 17.3 Å². The van der Waals surface area contributed by atoms with Crippen LogP contribution >= 0.6 is 34.2 Å². The number of halogens is 2. The molecule has 1 aliphatic rings. The lowest BCUT2D eigenvalue weighted by Crippen LogP contribution is -2.38. The van der Waals surface area contributed by atoms with Crippen LogP contribution in [0.3, 0.4) is 0 Å². The van der Waals surface area contributed by atoms with Gasteiger partial charge in [0, 0.05) is 9.45 Å². The molecule has 2 rings (SSSR count). The maximum absolute atomic E-state index is 11.9. The summed E-state index contributed by atoms with van der Waals surface area (Å²) in [5.74, 6) is 0.487. The molecule has 2 nitrogen and oxygen atoms in total. The Morgan fingerprint density at radius 3 is 2.67 bits per heavy atom. The first-order chi connectivity index (χ1) is 7.17. The normalized spacial score (nSPS) is 17.2. The summed E-state index contributed by atoms with van der Waals surface area (Å²) in [4.78, 5) is 11.9. The van der Waals surface area contributed by atoms with Gasteiger partial charge in [-0.05, 0) is 47.6 Å². The lowest BCUT2D eigenvalue weighted by Gasteiger charge is -2.14. The fourth-order valence-electron chi connectivity index (χ4n) is 1.40. The van der Waals surface area contributed by atoms with Gasteiger partial charge in [-0.2, -0.15) is 0 Å². The van der Waals surface area contributed by atoms with Crippen LogP contribution in [0.25, 0.3) is 0 Å². The minimum absolute atomic E-state index is 0.0156. The van der Waals surface area contributed by atoms with Crippen LogP contribution in [0.5, 0.6) is 0 Å². The highest BCUT2D eigenvalue weighted by molar-refractivity contribution is 14.1. The molecule has 15 heavy (non-hydrogen) atoms. The van der Waals surface area contributed by atoms with Crippen molar-refractivity contribution in [3.8, 4) is 0 Å². The van der Waals surface area contributed by atoms with Crippen LogP contribution in [-0.2, 0) is 0 Å². The summed E-state index contributed by atoms with van der Waals surface area (Å²) in [6.45, 7) is 0. The highest BCUT2D eigenvalue weighted by Crippen LogP contribution is 2.36. The average Bonchev–Trinajstić information content (AvgIpc) is 2.99. The molecule has 1 amide bonds. The summed E-state index contributed by atoms with van der Waals surface area (Å²) in [5, 5.41) is 3.00. The number of benzene rings is 1. The van der Waals surface area contributed by atoms with E-state index in [1.807, 2.05) is 24.3 Å². The largest absolute Gasteiger partial charge is 0.345 e. The number of amides is 1. The zero-order chi connectivity index (χ0) is 10.9. The van der Waals surface area contributed by atoms with E-state index in [-0.39, 0.29) is 11.4 Å². The van der Waals surface area contributed by atoms with Crippen molar-refractivity contribution in [1.82, 2.24) is 5.32 Å². The van der Waals surface area contributed by atoms with E-state index in [9.17, 15) is 4.79 Å². The van der Waals surface area contributed by atoms with Crippen LogP contribution in [0.1, 0.15) is 23.2 Å². The lowest BCUT2D eigenvalue weighted by atomic mass is 10.2. The van der Waals surface area contributed by atoms with Gasteiger partial charge in [-0.1, -0.05) is 12.1 Å². The minimum atomic E-state index is -0.127. The first-order valence-electron chi connectivity index (χ1n) is 4.80. The van der Waals surface area contributed by atoms with E-state index in [4.69, 9.17) is 11.6 Å². The second kappa shape index (κ2) is 4.29. The third kappa shape index (κ3) is 2.45. The molecule has 0 aliphatic heterocycles. The van der Waals surface area contributed by atoms with Gasteiger partial charge < -0.3 is 5.32 Å². The molecule has 1 N–H and O–H groups in total. The summed E-state index contributed by atoms with van der Waals surface area (Å²) in [7, 11) is 0. The Hall–Kier alpha value is -0.290. The number of carbonyl (C=O) groups excluding carboxylic acids is 1. The standard InChI is InChI=1S/C11H11ClINO/c12-7-11(5-6-11)14-10(15)8-3-1-2-4-9(8)13/h1-4H,5-7H2,(H,14,15). The molecule has 1 aliphatic carbocycles. The van der Waals surface area contributed by atoms with Gasteiger partial charge in [0.05, 0.1) is 11.1 Å². The monoisotopic (exact) mass is 335 g/mol. The lowest BCUT2D eigenvalue weighted by molar-refractivity contribution is 0.0935. The molecule has 4 heteroatoms. The van der Waals surface area contributed by atoms with Crippen LogP contribution in [0.15, 0.2) is 24.3 Å². The fourth-order valence-corrected chi connectivity index (χ4v) is 2.36. The zero-order valence-electron chi connectivity index (χ0n) is 8.09. The molecular weight excluding hydrogens is 324 g/mol. The Kier molecular flexibility index (Phi) is 3.21. The van der Waals surface area contributed by atoms with Crippen molar-refractivity contribution in [3.63, 3.8) is 0 Å². The molecule has 0 heterocycles. The molecule has 1 fully saturated rings. The number of nitrogens with one attached hydrogen (secondary N) is 1. The smallest absolute Gasteiger partial charge is 0.252 e. The maximum atomic E-state index is 11.9. The summed E-state index contributed by atoms with van der Waals surface area (Å²) in [6, 6.07) is 7.56. The van der Waals surface area contributed by atoms with Gasteiger partial charge in [0.15, 0.2) is 0 Å². The Labute approximate surface area is 108 Å². The van der Waals surface area contributed by atoms with E-state index in [2.05, 4.69) is 27.9 Å². The first-order valence-corrected chi connectivity index (χ1v) is 6.41. The van der Waals surface area contributed by atoms with Gasteiger partial charge in [-0.15, -0.1) is 11.6 Å². The van der Waals surface area contributed by atoms with Crippen molar-refractivity contribution in [3.05, 3.63) is 33.4 Å². The van der Waals surface area contributed by atoms with Crippen LogP contribution in [0.2, 0.25) is 0 Å². The first kappa shape index (κ1) is 11.2. The third-order valence-electron chi connectivity index (χ3n) is 2.61. The van der Waals surface area contributed by atoms with Gasteiger partial charge in [0.1, 0.15) is 0 Å². The Bertz CT molecular complexity index is 390. The van der Waals surface area contributed by atoms with E-state index < -0.39 is 0 Å². The van der Waals surface area contributed by atoms with Gasteiger partial charge in [0.25, 0.3) is 5.91 Å². The molecule has 1 saturated carbocycles. The molecule has 0 unspecified atom stereocenters. The van der Waals surface area contributed by atoms with E-state index >= 15 is 0 Å². The molecule has 1 aromatic carbocycles. The number of hydrogen-bond acceptors (Lipinski definition) is 1. The quantitative estimate of drug-likeness (QED) is 0.668. The Morgan fingerprint density at radius 1 is 1.47 bits per heavy atom. The molecule has 0 spiro atoms. The van der Waals surface area contributed by atoms with Crippen molar-refractivity contribution in [2.24, 2.45) is 0 Å². The van der Waals surface area contributed by atoms with Crippen molar-refractivity contribution >= 4 is 40.1 Å². The second-order valence-electron chi connectivity index (χ2n) is 3.85. The van der Waals surface area contributed by atoms with Gasteiger partial charge >= 0.3 is 0 Å². The van der Waals surface area contributed by atoms with Crippen LogP contribution in [0, 0.1) is 3.57 Å². The third-order valence-corrected chi connectivity index (χ3v) is 4.06. The van der Waals surface area contributed by atoms with Crippen LogP contribution < -0.4 is 5.32 Å². The molecule has 0 aromatic heterocycles. The molecular formula is C11H11ClINO. The predicted octanol–water partition coefficient (Wildman–Crippen LogP) is 2.79. The Morgan fingerprint density at radius 2 is 2.13 bits per heavy atom. The summed E-state index contributed by atoms with van der Waals surface area (Å²) < 4.78 is 0.970. The van der Waals surface area contributed by atoms with Crippen molar-refractivity contribution in [1.29, 1.82) is 0 Å². The van der Waals surface area contributed by atoms with Crippen molar-refractivity contribution < 1.29 is 4.79 Å². The van der Waals surface area contributed by atoms with E-state index in [0.717, 1.165) is 22.0 Å².